The number of benzene rings is 2. The standard InChI is InChI=1S/C26H29N5O2/c1-18-11-13-22(14-12-18)31-17-23-20(3)28-30(26(33)25(23)29-31)15-7-10-24(32)27-16-19(2)21-8-5-4-6-9-21/h4-6,8-9,11-14,17,19H,7,10,15-16H2,1-3H3,(H,27,32). The van der Waals surface area contributed by atoms with E-state index in [0.717, 1.165) is 22.3 Å². The van der Waals surface area contributed by atoms with Crippen molar-refractivity contribution < 1.29 is 4.79 Å². The molecule has 4 rings (SSSR count). The molecule has 0 fully saturated rings. The van der Waals surface area contributed by atoms with Crippen molar-refractivity contribution in [3.8, 4) is 5.69 Å². The van der Waals surface area contributed by atoms with Crippen LogP contribution in [0.25, 0.3) is 16.6 Å². The first-order valence-electron chi connectivity index (χ1n) is 11.3. The zero-order chi connectivity index (χ0) is 23.4. The second-order valence-corrected chi connectivity index (χ2v) is 8.50. The summed E-state index contributed by atoms with van der Waals surface area (Å²) in [6, 6.07) is 18.1. The topological polar surface area (TPSA) is 81.8 Å². The molecule has 0 bridgehead atoms. The highest BCUT2D eigenvalue weighted by Crippen LogP contribution is 2.16. The quantitative estimate of drug-likeness (QED) is 0.448. The number of rotatable bonds is 8. The first-order valence-corrected chi connectivity index (χ1v) is 11.3. The third-order valence-corrected chi connectivity index (χ3v) is 5.86. The molecule has 7 nitrogen and oxygen atoms in total. The normalized spacial score (nSPS) is 12.1. The van der Waals surface area contributed by atoms with Gasteiger partial charge < -0.3 is 5.32 Å². The molecule has 4 aromatic rings. The van der Waals surface area contributed by atoms with Gasteiger partial charge in [0.25, 0.3) is 5.56 Å². The van der Waals surface area contributed by atoms with E-state index in [0.29, 0.717) is 31.4 Å². The Labute approximate surface area is 193 Å². The van der Waals surface area contributed by atoms with E-state index in [1.807, 2.05) is 62.5 Å². The lowest BCUT2D eigenvalue weighted by Gasteiger charge is -2.13. The van der Waals surface area contributed by atoms with Crippen molar-refractivity contribution >= 4 is 16.8 Å². The van der Waals surface area contributed by atoms with Crippen LogP contribution in [-0.2, 0) is 11.3 Å². The van der Waals surface area contributed by atoms with Crippen molar-refractivity contribution in [2.45, 2.75) is 46.1 Å². The molecule has 0 radical (unpaired) electrons. The summed E-state index contributed by atoms with van der Waals surface area (Å²) >= 11 is 0. The molecule has 0 aliphatic carbocycles. The molecule has 1 unspecified atom stereocenters. The maximum Gasteiger partial charge on any atom is 0.295 e. The average molecular weight is 444 g/mol. The lowest BCUT2D eigenvalue weighted by molar-refractivity contribution is -0.121. The molecule has 2 aromatic heterocycles. The lowest BCUT2D eigenvalue weighted by atomic mass is 10.0. The molecule has 1 amide bonds. The molecule has 2 aromatic carbocycles. The van der Waals surface area contributed by atoms with Crippen LogP contribution in [0.3, 0.4) is 0 Å². The van der Waals surface area contributed by atoms with Crippen LogP contribution in [0.2, 0.25) is 0 Å². The van der Waals surface area contributed by atoms with E-state index in [1.165, 1.54) is 10.2 Å². The number of hydrogen-bond acceptors (Lipinski definition) is 4. The molecule has 170 valence electrons. The molecule has 0 spiro atoms. The van der Waals surface area contributed by atoms with Gasteiger partial charge in [0, 0.05) is 31.1 Å². The molecule has 0 saturated heterocycles. The van der Waals surface area contributed by atoms with Gasteiger partial charge in [-0.2, -0.15) is 10.2 Å². The maximum absolute atomic E-state index is 13.0. The van der Waals surface area contributed by atoms with Gasteiger partial charge in [0.05, 0.1) is 11.4 Å². The Bertz CT molecular complexity index is 1310. The van der Waals surface area contributed by atoms with E-state index >= 15 is 0 Å². The van der Waals surface area contributed by atoms with Gasteiger partial charge in [0.1, 0.15) is 0 Å². The van der Waals surface area contributed by atoms with Gasteiger partial charge in [-0.3, -0.25) is 9.59 Å². The van der Waals surface area contributed by atoms with Gasteiger partial charge in [0.2, 0.25) is 5.91 Å². The summed E-state index contributed by atoms with van der Waals surface area (Å²) in [7, 11) is 0. The van der Waals surface area contributed by atoms with Crippen LogP contribution in [0.4, 0.5) is 0 Å². The lowest BCUT2D eigenvalue weighted by Crippen LogP contribution is -2.28. The fourth-order valence-electron chi connectivity index (χ4n) is 3.82. The van der Waals surface area contributed by atoms with Crippen LogP contribution < -0.4 is 10.9 Å². The van der Waals surface area contributed by atoms with E-state index < -0.39 is 0 Å². The summed E-state index contributed by atoms with van der Waals surface area (Å²) in [5.74, 6) is 0.223. The van der Waals surface area contributed by atoms with Crippen molar-refractivity contribution in [2.75, 3.05) is 6.54 Å². The number of amides is 1. The van der Waals surface area contributed by atoms with Gasteiger partial charge in [-0.05, 0) is 43.9 Å². The minimum Gasteiger partial charge on any atom is -0.356 e. The zero-order valence-electron chi connectivity index (χ0n) is 19.3. The molecule has 0 aliphatic heterocycles. The predicted molar refractivity (Wildman–Crippen MR) is 130 cm³/mol. The van der Waals surface area contributed by atoms with E-state index in [-0.39, 0.29) is 17.4 Å². The Balaban J connectivity index is 1.38. The highest BCUT2D eigenvalue weighted by molar-refractivity contribution is 5.79. The number of nitrogens with zero attached hydrogens (tertiary/aromatic N) is 4. The second kappa shape index (κ2) is 9.81. The number of aromatic nitrogens is 4. The predicted octanol–water partition coefficient (Wildman–Crippen LogP) is 3.90. The van der Waals surface area contributed by atoms with Crippen LogP contribution in [0, 0.1) is 13.8 Å². The number of carbonyl (C=O) groups excluding carboxylic acids is 1. The Hall–Kier alpha value is -3.74. The Kier molecular flexibility index (Phi) is 6.68. The fourth-order valence-corrected chi connectivity index (χ4v) is 3.82. The van der Waals surface area contributed by atoms with E-state index in [9.17, 15) is 9.59 Å². The van der Waals surface area contributed by atoms with Crippen molar-refractivity contribution in [1.29, 1.82) is 0 Å². The van der Waals surface area contributed by atoms with E-state index in [1.54, 1.807) is 4.68 Å². The minimum absolute atomic E-state index is 0.0210. The summed E-state index contributed by atoms with van der Waals surface area (Å²) in [6.45, 7) is 6.95. The monoisotopic (exact) mass is 443 g/mol. The van der Waals surface area contributed by atoms with Crippen LogP contribution >= 0.6 is 0 Å². The highest BCUT2D eigenvalue weighted by atomic mass is 16.1. The molecule has 0 aliphatic rings. The van der Waals surface area contributed by atoms with Gasteiger partial charge in [-0.1, -0.05) is 55.0 Å². The SMILES string of the molecule is Cc1ccc(-n2cc3c(C)nn(CCCC(=O)NCC(C)c4ccccc4)c(=O)c3n2)cc1. The smallest absolute Gasteiger partial charge is 0.295 e. The van der Waals surface area contributed by atoms with Crippen LogP contribution in [-0.4, -0.2) is 32.0 Å². The summed E-state index contributed by atoms with van der Waals surface area (Å²) in [6.07, 6.45) is 2.71. The van der Waals surface area contributed by atoms with Gasteiger partial charge in [-0.15, -0.1) is 0 Å². The Morgan fingerprint density at radius 1 is 1.03 bits per heavy atom. The Morgan fingerprint density at radius 3 is 2.48 bits per heavy atom. The highest BCUT2D eigenvalue weighted by Gasteiger charge is 2.14. The summed E-state index contributed by atoms with van der Waals surface area (Å²) in [4.78, 5) is 25.2. The molecule has 0 saturated carbocycles. The maximum atomic E-state index is 13.0. The van der Waals surface area contributed by atoms with Gasteiger partial charge in [0.15, 0.2) is 5.52 Å². The number of aryl methyl sites for hydroxylation is 3. The van der Waals surface area contributed by atoms with Crippen molar-refractivity contribution in [1.82, 2.24) is 24.9 Å². The fraction of sp³-hybridized carbons (Fsp3) is 0.308. The molecule has 1 N–H and O–H groups in total. The molecule has 33 heavy (non-hydrogen) atoms. The average Bonchev–Trinajstić information content (AvgIpc) is 3.28. The first kappa shape index (κ1) is 22.5. The molecule has 1 atom stereocenters. The van der Waals surface area contributed by atoms with Crippen molar-refractivity contribution in [2.24, 2.45) is 0 Å². The summed E-state index contributed by atoms with van der Waals surface area (Å²) in [5, 5.41) is 12.7. The van der Waals surface area contributed by atoms with E-state index in [2.05, 4.69) is 34.6 Å². The third kappa shape index (κ3) is 5.19. The molecular weight excluding hydrogens is 414 g/mol. The molecular formula is C26H29N5O2. The second-order valence-electron chi connectivity index (χ2n) is 8.50. The van der Waals surface area contributed by atoms with Crippen molar-refractivity contribution in [3.05, 3.63) is 88.0 Å². The molecule has 2 heterocycles. The summed E-state index contributed by atoms with van der Waals surface area (Å²) < 4.78 is 3.13. The largest absolute Gasteiger partial charge is 0.356 e. The first-order chi connectivity index (χ1) is 15.9. The number of fused-ring (bicyclic) bond motifs is 1. The third-order valence-electron chi connectivity index (χ3n) is 5.86. The summed E-state index contributed by atoms with van der Waals surface area (Å²) in [5.41, 5.74) is 4.15. The van der Waals surface area contributed by atoms with Gasteiger partial charge >= 0.3 is 0 Å². The zero-order valence-corrected chi connectivity index (χ0v) is 19.3. The number of carbonyl (C=O) groups is 1. The number of nitrogens with one attached hydrogen (secondary N) is 1. The van der Waals surface area contributed by atoms with E-state index in [4.69, 9.17) is 0 Å². The van der Waals surface area contributed by atoms with Crippen LogP contribution in [0.5, 0.6) is 0 Å². The minimum atomic E-state index is -0.237. The Morgan fingerprint density at radius 2 is 1.76 bits per heavy atom. The number of hydrogen-bond donors (Lipinski definition) is 1. The molecule has 7 heteroatoms. The van der Waals surface area contributed by atoms with Crippen LogP contribution in [0.1, 0.15) is 42.5 Å². The van der Waals surface area contributed by atoms with Crippen molar-refractivity contribution in [3.63, 3.8) is 0 Å². The van der Waals surface area contributed by atoms with Crippen LogP contribution in [0.15, 0.2) is 65.6 Å². The van der Waals surface area contributed by atoms with Gasteiger partial charge in [-0.25, -0.2) is 9.36 Å².